The van der Waals surface area contributed by atoms with E-state index >= 15 is 0 Å². The molecule has 3 aromatic carbocycles. The van der Waals surface area contributed by atoms with Gasteiger partial charge in [-0.1, -0.05) is 42.8 Å². The van der Waals surface area contributed by atoms with E-state index in [2.05, 4.69) is 4.72 Å². The van der Waals surface area contributed by atoms with Crippen molar-refractivity contribution in [1.82, 2.24) is 4.72 Å². The number of aryl methyl sites for hydroxylation is 1. The van der Waals surface area contributed by atoms with E-state index in [0.717, 1.165) is 35.1 Å². The number of ether oxygens (including phenoxy) is 1. The summed E-state index contributed by atoms with van der Waals surface area (Å²) in [6, 6.07) is 18.5. The second-order valence-electron chi connectivity index (χ2n) is 8.78. The quantitative estimate of drug-likeness (QED) is 0.160. The van der Waals surface area contributed by atoms with Crippen LogP contribution in [0.5, 0.6) is 0 Å². The lowest BCUT2D eigenvalue weighted by Crippen LogP contribution is -2.35. The molecule has 0 spiro atoms. The SMILES string of the molecule is CCCCOC(=O)c1ccc(N2C(=O)C(NS(=O)(=O)c3ccc(N)cc3)=C(Sc3ccc(C)cc3)C2=O)cc1. The van der Waals surface area contributed by atoms with Gasteiger partial charge >= 0.3 is 5.97 Å². The molecule has 3 aromatic rings. The van der Waals surface area contributed by atoms with Gasteiger partial charge in [0.2, 0.25) is 0 Å². The summed E-state index contributed by atoms with van der Waals surface area (Å²) in [5.41, 5.74) is 7.12. The molecule has 0 atom stereocenters. The van der Waals surface area contributed by atoms with Crippen molar-refractivity contribution >= 4 is 50.9 Å². The van der Waals surface area contributed by atoms with Crippen molar-refractivity contribution in [2.45, 2.75) is 36.5 Å². The van der Waals surface area contributed by atoms with Crippen molar-refractivity contribution in [3.63, 3.8) is 0 Å². The van der Waals surface area contributed by atoms with E-state index in [1.54, 1.807) is 12.1 Å². The van der Waals surface area contributed by atoms with Crippen LogP contribution in [-0.2, 0) is 24.3 Å². The third-order valence-electron chi connectivity index (χ3n) is 5.80. The average Bonchev–Trinajstić information content (AvgIpc) is 3.13. The lowest BCUT2D eigenvalue weighted by Gasteiger charge is -2.16. The zero-order valence-corrected chi connectivity index (χ0v) is 23.0. The Kier molecular flexibility index (Phi) is 8.41. The largest absolute Gasteiger partial charge is 0.462 e. The monoisotopic (exact) mass is 565 g/mol. The van der Waals surface area contributed by atoms with E-state index in [9.17, 15) is 22.8 Å². The van der Waals surface area contributed by atoms with Crippen molar-refractivity contribution in [3.8, 4) is 0 Å². The van der Waals surface area contributed by atoms with Crippen LogP contribution in [0, 0.1) is 6.92 Å². The molecule has 202 valence electrons. The Bertz CT molecular complexity index is 1530. The number of imide groups is 1. The number of nitrogen functional groups attached to an aromatic ring is 1. The smallest absolute Gasteiger partial charge is 0.338 e. The molecule has 1 aliphatic rings. The molecular weight excluding hydrogens is 538 g/mol. The number of carbonyl (C=O) groups is 3. The summed E-state index contributed by atoms with van der Waals surface area (Å²) in [5.74, 6) is -2.05. The number of sulfonamides is 1. The number of nitrogens with one attached hydrogen (secondary N) is 1. The maximum Gasteiger partial charge on any atom is 0.338 e. The molecule has 0 fully saturated rings. The molecule has 39 heavy (non-hydrogen) atoms. The van der Waals surface area contributed by atoms with Gasteiger partial charge < -0.3 is 10.5 Å². The highest BCUT2D eigenvalue weighted by Gasteiger charge is 2.42. The minimum atomic E-state index is -4.22. The highest BCUT2D eigenvalue weighted by atomic mass is 32.2. The van der Waals surface area contributed by atoms with E-state index in [4.69, 9.17) is 10.5 Å². The maximum atomic E-state index is 13.5. The fourth-order valence-corrected chi connectivity index (χ4v) is 5.69. The molecular formula is C28H27N3O6S2. The average molecular weight is 566 g/mol. The summed E-state index contributed by atoms with van der Waals surface area (Å²) in [7, 11) is -4.22. The van der Waals surface area contributed by atoms with Crippen LogP contribution in [0.4, 0.5) is 11.4 Å². The molecule has 1 heterocycles. The number of hydrogen-bond acceptors (Lipinski definition) is 8. The predicted octanol–water partition coefficient (Wildman–Crippen LogP) is 4.39. The molecule has 0 radical (unpaired) electrons. The number of unbranched alkanes of at least 4 members (excludes halogenated alkanes) is 1. The van der Waals surface area contributed by atoms with Crippen LogP contribution >= 0.6 is 11.8 Å². The van der Waals surface area contributed by atoms with E-state index in [0.29, 0.717) is 17.2 Å². The van der Waals surface area contributed by atoms with Gasteiger partial charge in [-0.25, -0.2) is 18.1 Å². The van der Waals surface area contributed by atoms with Crippen LogP contribution in [0.2, 0.25) is 0 Å². The number of nitrogens with zero attached hydrogens (tertiary/aromatic N) is 1. The normalized spacial score (nSPS) is 13.6. The number of hydrogen-bond donors (Lipinski definition) is 2. The summed E-state index contributed by atoms with van der Waals surface area (Å²) < 4.78 is 33.8. The molecule has 0 aliphatic carbocycles. The van der Waals surface area contributed by atoms with Gasteiger partial charge in [0.15, 0.2) is 0 Å². The van der Waals surface area contributed by atoms with Crippen molar-refractivity contribution in [2.24, 2.45) is 0 Å². The predicted molar refractivity (Wildman–Crippen MR) is 149 cm³/mol. The number of nitrogens with two attached hydrogens (primary N) is 1. The number of esters is 1. The lowest BCUT2D eigenvalue weighted by atomic mass is 10.2. The van der Waals surface area contributed by atoms with Gasteiger partial charge in [0.1, 0.15) is 10.6 Å². The van der Waals surface area contributed by atoms with Crippen molar-refractivity contribution in [3.05, 3.63) is 94.5 Å². The van der Waals surface area contributed by atoms with E-state index in [1.165, 1.54) is 48.5 Å². The summed E-state index contributed by atoms with van der Waals surface area (Å²) in [4.78, 5) is 40.7. The zero-order valence-electron chi connectivity index (χ0n) is 21.3. The first kappa shape index (κ1) is 27.9. The van der Waals surface area contributed by atoms with Gasteiger partial charge in [0.05, 0.1) is 22.8 Å². The maximum absolute atomic E-state index is 13.5. The highest BCUT2D eigenvalue weighted by Crippen LogP contribution is 2.37. The van der Waals surface area contributed by atoms with Gasteiger partial charge in [0.25, 0.3) is 21.8 Å². The van der Waals surface area contributed by atoms with Crippen LogP contribution in [0.1, 0.15) is 35.7 Å². The fourth-order valence-electron chi connectivity index (χ4n) is 3.63. The number of amides is 2. The van der Waals surface area contributed by atoms with E-state index in [-0.39, 0.29) is 26.7 Å². The molecule has 0 saturated heterocycles. The molecule has 0 saturated carbocycles. The molecule has 0 bridgehead atoms. The third kappa shape index (κ3) is 6.32. The van der Waals surface area contributed by atoms with Crippen LogP contribution in [0.25, 0.3) is 0 Å². The van der Waals surface area contributed by atoms with E-state index < -0.39 is 27.8 Å². The first-order valence-electron chi connectivity index (χ1n) is 12.1. The Morgan fingerprint density at radius 3 is 2.21 bits per heavy atom. The molecule has 1 aliphatic heterocycles. The molecule has 9 nitrogen and oxygen atoms in total. The Morgan fingerprint density at radius 1 is 0.949 bits per heavy atom. The van der Waals surface area contributed by atoms with Gasteiger partial charge in [-0.2, -0.15) is 0 Å². The second kappa shape index (κ2) is 11.7. The number of carbonyl (C=O) groups excluding carboxylic acids is 3. The topological polar surface area (TPSA) is 136 Å². The first-order chi connectivity index (χ1) is 18.6. The summed E-state index contributed by atoms with van der Waals surface area (Å²) >= 11 is 0.982. The molecule has 2 amide bonds. The Morgan fingerprint density at radius 2 is 1.59 bits per heavy atom. The van der Waals surface area contributed by atoms with Gasteiger partial charge in [-0.05, 0) is 74.0 Å². The summed E-state index contributed by atoms with van der Waals surface area (Å²) in [6.07, 6.45) is 1.62. The van der Waals surface area contributed by atoms with Gasteiger partial charge in [0, 0.05) is 10.6 Å². The zero-order chi connectivity index (χ0) is 28.2. The van der Waals surface area contributed by atoms with Gasteiger partial charge in [-0.3, -0.25) is 14.3 Å². The fraction of sp³-hybridized carbons (Fsp3) is 0.179. The molecule has 4 rings (SSSR count). The number of anilines is 2. The minimum Gasteiger partial charge on any atom is -0.462 e. The molecule has 3 N–H and O–H groups in total. The Hall–Kier alpha value is -4.09. The first-order valence-corrected chi connectivity index (χ1v) is 14.4. The summed E-state index contributed by atoms with van der Waals surface area (Å²) in [6.45, 7) is 4.19. The lowest BCUT2D eigenvalue weighted by molar-refractivity contribution is -0.120. The molecule has 11 heteroatoms. The standard InChI is InChI=1S/C28H27N3O6S2/c1-3-4-17-37-28(34)19-7-11-21(12-8-19)31-26(32)24(30-39(35,36)23-15-9-20(29)10-16-23)25(27(31)33)38-22-13-5-18(2)6-14-22/h5-16,30H,3-4,17,29H2,1-2H3. The second-order valence-corrected chi connectivity index (χ2v) is 11.5. The van der Waals surface area contributed by atoms with Gasteiger partial charge in [-0.15, -0.1) is 0 Å². The number of benzene rings is 3. The third-order valence-corrected chi connectivity index (χ3v) is 8.26. The molecule has 0 unspecified atom stereocenters. The summed E-state index contributed by atoms with van der Waals surface area (Å²) in [5, 5.41) is 0. The Labute approximate surface area is 231 Å². The molecule has 0 aromatic heterocycles. The van der Waals surface area contributed by atoms with Crippen molar-refractivity contribution < 1.29 is 27.5 Å². The van der Waals surface area contributed by atoms with E-state index in [1.807, 2.05) is 26.0 Å². The Balaban J connectivity index is 1.66. The highest BCUT2D eigenvalue weighted by molar-refractivity contribution is 8.04. The van der Waals surface area contributed by atoms with Crippen LogP contribution in [0.15, 0.2) is 93.2 Å². The van der Waals surface area contributed by atoms with Crippen molar-refractivity contribution in [2.75, 3.05) is 17.2 Å². The van der Waals surface area contributed by atoms with Crippen molar-refractivity contribution in [1.29, 1.82) is 0 Å². The number of rotatable bonds is 10. The van der Waals surface area contributed by atoms with Crippen LogP contribution < -0.4 is 15.4 Å². The minimum absolute atomic E-state index is 0.0778. The van der Waals surface area contributed by atoms with Crippen LogP contribution in [0.3, 0.4) is 0 Å². The number of thioether (sulfide) groups is 1. The van der Waals surface area contributed by atoms with Crippen LogP contribution in [-0.4, -0.2) is 32.8 Å².